The van der Waals surface area contributed by atoms with E-state index in [0.29, 0.717) is 6.42 Å². The highest BCUT2D eigenvalue weighted by Crippen LogP contribution is 2.15. The van der Waals surface area contributed by atoms with Gasteiger partial charge < -0.3 is 5.73 Å². The highest BCUT2D eigenvalue weighted by Gasteiger charge is 2.17. The van der Waals surface area contributed by atoms with Crippen molar-refractivity contribution in [1.82, 2.24) is 0 Å². The van der Waals surface area contributed by atoms with E-state index in [2.05, 4.69) is 20.0 Å². The molecular formula is C7H17NOSi. The molecule has 0 unspecified atom stereocenters. The fraction of sp³-hybridized carbons (Fsp3) is 0.857. The highest BCUT2D eigenvalue weighted by atomic mass is 28.3. The SMILES string of the molecule is CC[Si](C)(C)CCC(N)=O. The van der Waals surface area contributed by atoms with Gasteiger partial charge in [0.25, 0.3) is 0 Å². The van der Waals surface area contributed by atoms with Crippen LogP contribution < -0.4 is 5.73 Å². The standard InChI is InChI=1S/C7H17NOSi/c1-4-10(2,3)6-5-7(8)9/h4-6H2,1-3H3,(H2,8,9). The number of amides is 1. The van der Waals surface area contributed by atoms with Gasteiger partial charge in [-0.3, -0.25) is 4.79 Å². The third-order valence-electron chi connectivity index (χ3n) is 2.01. The van der Waals surface area contributed by atoms with Crippen LogP contribution in [0, 0.1) is 0 Å². The van der Waals surface area contributed by atoms with E-state index in [9.17, 15) is 4.79 Å². The van der Waals surface area contributed by atoms with E-state index in [-0.39, 0.29) is 5.91 Å². The number of hydrogen-bond donors (Lipinski definition) is 1. The summed E-state index contributed by atoms with van der Waals surface area (Å²) >= 11 is 0. The quantitative estimate of drug-likeness (QED) is 0.622. The molecule has 0 aliphatic heterocycles. The van der Waals surface area contributed by atoms with Gasteiger partial charge in [0.2, 0.25) is 5.91 Å². The van der Waals surface area contributed by atoms with Crippen molar-refractivity contribution in [3.63, 3.8) is 0 Å². The van der Waals surface area contributed by atoms with Gasteiger partial charge in [-0.15, -0.1) is 0 Å². The maximum Gasteiger partial charge on any atom is 0.217 e. The zero-order valence-corrected chi connectivity index (χ0v) is 8.11. The molecular weight excluding hydrogens is 142 g/mol. The number of primary amides is 1. The lowest BCUT2D eigenvalue weighted by Gasteiger charge is -2.18. The summed E-state index contributed by atoms with van der Waals surface area (Å²) in [4.78, 5) is 10.4. The van der Waals surface area contributed by atoms with Crippen molar-refractivity contribution in [2.75, 3.05) is 0 Å². The lowest BCUT2D eigenvalue weighted by Crippen LogP contribution is -2.26. The van der Waals surface area contributed by atoms with Gasteiger partial charge in [0, 0.05) is 14.5 Å². The van der Waals surface area contributed by atoms with E-state index in [1.165, 1.54) is 6.04 Å². The van der Waals surface area contributed by atoms with Gasteiger partial charge in [-0.05, 0) is 6.04 Å². The van der Waals surface area contributed by atoms with Crippen LogP contribution in [-0.4, -0.2) is 14.0 Å². The maximum atomic E-state index is 10.4. The molecule has 2 N–H and O–H groups in total. The molecule has 10 heavy (non-hydrogen) atoms. The van der Waals surface area contributed by atoms with Gasteiger partial charge in [0.15, 0.2) is 0 Å². The summed E-state index contributed by atoms with van der Waals surface area (Å²) in [5.41, 5.74) is 5.04. The Balaban J connectivity index is 3.56. The molecule has 0 heterocycles. The topological polar surface area (TPSA) is 43.1 Å². The molecule has 0 bridgehead atoms. The van der Waals surface area contributed by atoms with Gasteiger partial charge in [0.1, 0.15) is 0 Å². The van der Waals surface area contributed by atoms with Crippen molar-refractivity contribution in [3.8, 4) is 0 Å². The fourth-order valence-electron chi connectivity index (χ4n) is 0.638. The Morgan fingerprint density at radius 3 is 2.30 bits per heavy atom. The van der Waals surface area contributed by atoms with E-state index < -0.39 is 8.07 Å². The minimum Gasteiger partial charge on any atom is -0.370 e. The monoisotopic (exact) mass is 159 g/mol. The summed E-state index contributed by atoms with van der Waals surface area (Å²) < 4.78 is 0. The molecule has 0 radical (unpaired) electrons. The first-order valence-electron chi connectivity index (χ1n) is 3.76. The number of rotatable bonds is 4. The van der Waals surface area contributed by atoms with Gasteiger partial charge in [-0.1, -0.05) is 26.1 Å². The zero-order chi connectivity index (χ0) is 8.20. The molecule has 3 heteroatoms. The predicted molar refractivity (Wildman–Crippen MR) is 46.6 cm³/mol. The van der Waals surface area contributed by atoms with Crippen LogP contribution in [-0.2, 0) is 4.79 Å². The highest BCUT2D eigenvalue weighted by molar-refractivity contribution is 6.77. The van der Waals surface area contributed by atoms with Crippen molar-refractivity contribution in [3.05, 3.63) is 0 Å². The molecule has 0 fully saturated rings. The van der Waals surface area contributed by atoms with E-state index >= 15 is 0 Å². The molecule has 0 saturated heterocycles. The molecule has 0 rings (SSSR count). The molecule has 0 aromatic rings. The molecule has 0 aliphatic carbocycles. The second kappa shape index (κ2) is 3.76. The molecule has 60 valence electrons. The van der Waals surface area contributed by atoms with Gasteiger partial charge in [-0.2, -0.15) is 0 Å². The molecule has 0 aliphatic rings. The van der Waals surface area contributed by atoms with Gasteiger partial charge >= 0.3 is 0 Å². The fourth-order valence-corrected chi connectivity index (χ4v) is 1.92. The van der Waals surface area contributed by atoms with Crippen molar-refractivity contribution >= 4 is 14.0 Å². The summed E-state index contributed by atoms with van der Waals surface area (Å²) in [5.74, 6) is -0.158. The minimum absolute atomic E-state index is 0.158. The third-order valence-corrected chi connectivity index (χ3v) is 5.52. The van der Waals surface area contributed by atoms with Crippen LogP contribution in [0.4, 0.5) is 0 Å². The molecule has 0 aromatic heterocycles. The normalized spacial score (nSPS) is 11.5. The Kier molecular flexibility index (Phi) is 3.64. The molecule has 0 atom stereocenters. The Morgan fingerprint density at radius 1 is 1.50 bits per heavy atom. The van der Waals surface area contributed by atoms with Crippen molar-refractivity contribution < 1.29 is 4.79 Å². The third kappa shape index (κ3) is 4.55. The summed E-state index contributed by atoms with van der Waals surface area (Å²) in [6.45, 7) is 6.76. The number of hydrogen-bond acceptors (Lipinski definition) is 1. The first kappa shape index (κ1) is 9.69. The Labute approximate surface area is 63.8 Å². The first-order chi connectivity index (χ1) is 4.48. The lowest BCUT2D eigenvalue weighted by molar-refractivity contribution is -0.117. The molecule has 0 spiro atoms. The molecule has 0 aromatic carbocycles. The van der Waals surface area contributed by atoms with Crippen LogP contribution in [0.1, 0.15) is 13.3 Å². The average molecular weight is 159 g/mol. The maximum absolute atomic E-state index is 10.4. The van der Waals surface area contributed by atoms with Gasteiger partial charge in [0.05, 0.1) is 0 Å². The second-order valence-corrected chi connectivity index (χ2v) is 9.02. The summed E-state index contributed by atoms with van der Waals surface area (Å²) in [6, 6.07) is 2.28. The molecule has 2 nitrogen and oxygen atoms in total. The summed E-state index contributed by atoms with van der Waals surface area (Å²) in [6.07, 6.45) is 0.576. The largest absolute Gasteiger partial charge is 0.370 e. The van der Waals surface area contributed by atoms with Crippen LogP contribution in [0.3, 0.4) is 0 Å². The Bertz CT molecular complexity index is 123. The average Bonchev–Trinajstić information content (AvgIpc) is 1.85. The zero-order valence-electron chi connectivity index (χ0n) is 7.11. The number of carbonyl (C=O) groups excluding carboxylic acids is 1. The Morgan fingerprint density at radius 2 is 2.00 bits per heavy atom. The van der Waals surface area contributed by atoms with Crippen LogP contribution in [0.5, 0.6) is 0 Å². The Hall–Kier alpha value is -0.313. The number of carbonyl (C=O) groups is 1. The molecule has 1 amide bonds. The second-order valence-electron chi connectivity index (χ2n) is 3.48. The van der Waals surface area contributed by atoms with Crippen molar-refractivity contribution in [2.24, 2.45) is 5.73 Å². The predicted octanol–water partition coefficient (Wildman–Crippen LogP) is 1.59. The number of nitrogens with two attached hydrogens (primary N) is 1. The summed E-state index contributed by atoms with van der Waals surface area (Å²) in [7, 11) is -1.04. The van der Waals surface area contributed by atoms with Crippen LogP contribution in [0.25, 0.3) is 0 Å². The van der Waals surface area contributed by atoms with Crippen LogP contribution in [0.15, 0.2) is 0 Å². The van der Waals surface area contributed by atoms with Gasteiger partial charge in [-0.25, -0.2) is 0 Å². The van der Waals surface area contributed by atoms with E-state index in [0.717, 1.165) is 6.04 Å². The van der Waals surface area contributed by atoms with E-state index in [4.69, 9.17) is 5.73 Å². The summed E-state index contributed by atoms with van der Waals surface area (Å²) in [5, 5.41) is 0. The van der Waals surface area contributed by atoms with E-state index in [1.807, 2.05) is 0 Å². The van der Waals surface area contributed by atoms with Crippen LogP contribution in [0.2, 0.25) is 25.2 Å². The van der Waals surface area contributed by atoms with Crippen LogP contribution >= 0.6 is 0 Å². The smallest absolute Gasteiger partial charge is 0.217 e. The lowest BCUT2D eigenvalue weighted by atomic mass is 10.5. The molecule has 0 saturated carbocycles. The van der Waals surface area contributed by atoms with Crippen molar-refractivity contribution in [2.45, 2.75) is 38.5 Å². The first-order valence-corrected chi connectivity index (χ1v) is 7.17. The van der Waals surface area contributed by atoms with E-state index in [1.54, 1.807) is 0 Å². The minimum atomic E-state index is -1.04. The van der Waals surface area contributed by atoms with Crippen molar-refractivity contribution in [1.29, 1.82) is 0 Å².